The molecule has 17 heavy (non-hydrogen) atoms. The summed E-state index contributed by atoms with van der Waals surface area (Å²) in [7, 11) is 1.87. The Kier molecular flexibility index (Phi) is 3.86. The lowest BCUT2D eigenvalue weighted by Gasteiger charge is -2.09. The molecule has 0 aliphatic heterocycles. The summed E-state index contributed by atoms with van der Waals surface area (Å²) in [4.78, 5) is 5.28. The summed E-state index contributed by atoms with van der Waals surface area (Å²) in [6.45, 7) is 1.97. The van der Waals surface area contributed by atoms with Crippen molar-refractivity contribution in [3.63, 3.8) is 0 Å². The quantitative estimate of drug-likeness (QED) is 0.946. The van der Waals surface area contributed by atoms with Crippen LogP contribution < -0.4 is 5.73 Å². The molecule has 0 spiro atoms. The molecule has 0 amide bonds. The summed E-state index contributed by atoms with van der Waals surface area (Å²) in [5.74, 6) is 0. The minimum absolute atomic E-state index is 0.0418. The third-order valence-electron chi connectivity index (χ3n) is 2.35. The Morgan fingerprint density at radius 2 is 2.24 bits per heavy atom. The van der Waals surface area contributed by atoms with Crippen molar-refractivity contribution in [2.24, 2.45) is 12.8 Å². The maximum atomic E-state index is 5.84. The predicted molar refractivity (Wildman–Crippen MR) is 71.9 cm³/mol. The largest absolute Gasteiger partial charge is 0.324 e. The van der Waals surface area contributed by atoms with E-state index in [4.69, 9.17) is 5.73 Å². The Morgan fingerprint density at radius 3 is 2.76 bits per heavy atom. The van der Waals surface area contributed by atoms with E-state index in [1.807, 2.05) is 32.2 Å². The fraction of sp³-hybridized carbons (Fsp3) is 0.273. The SMILES string of the molecule is CC(N)c1ccc(Sc2ncnn2C)c(Br)c1. The van der Waals surface area contributed by atoms with Crippen molar-refractivity contribution in [3.8, 4) is 0 Å². The number of rotatable bonds is 3. The van der Waals surface area contributed by atoms with E-state index in [0.29, 0.717) is 0 Å². The van der Waals surface area contributed by atoms with Gasteiger partial charge >= 0.3 is 0 Å². The second-order valence-corrected chi connectivity index (χ2v) is 5.61. The molecule has 0 aliphatic rings. The van der Waals surface area contributed by atoms with Crippen molar-refractivity contribution in [2.75, 3.05) is 0 Å². The van der Waals surface area contributed by atoms with Crippen LogP contribution in [-0.2, 0) is 7.05 Å². The second kappa shape index (κ2) is 5.20. The molecule has 0 radical (unpaired) electrons. The van der Waals surface area contributed by atoms with E-state index < -0.39 is 0 Å². The molecule has 2 N–H and O–H groups in total. The molecule has 0 aliphatic carbocycles. The average molecular weight is 313 g/mol. The van der Waals surface area contributed by atoms with Gasteiger partial charge in [-0.05, 0) is 52.3 Å². The van der Waals surface area contributed by atoms with Crippen LogP contribution in [0.25, 0.3) is 0 Å². The Hall–Kier alpha value is -0.850. The zero-order chi connectivity index (χ0) is 12.4. The molecule has 1 heterocycles. The molecule has 90 valence electrons. The first-order chi connectivity index (χ1) is 8.08. The average Bonchev–Trinajstić information content (AvgIpc) is 2.67. The molecule has 1 aromatic carbocycles. The first-order valence-corrected chi connectivity index (χ1v) is 6.75. The first kappa shape index (κ1) is 12.6. The number of benzene rings is 1. The zero-order valence-electron chi connectivity index (χ0n) is 9.59. The normalized spacial score (nSPS) is 12.7. The predicted octanol–water partition coefficient (Wildman–Crippen LogP) is 2.75. The molecule has 0 bridgehead atoms. The Morgan fingerprint density at radius 1 is 1.47 bits per heavy atom. The van der Waals surface area contributed by atoms with Gasteiger partial charge in [-0.3, -0.25) is 0 Å². The number of nitrogens with zero attached hydrogens (tertiary/aromatic N) is 3. The minimum Gasteiger partial charge on any atom is -0.324 e. The van der Waals surface area contributed by atoms with Gasteiger partial charge in [-0.25, -0.2) is 9.67 Å². The molecular weight excluding hydrogens is 300 g/mol. The molecule has 0 saturated heterocycles. The summed E-state index contributed by atoms with van der Waals surface area (Å²) in [6.07, 6.45) is 1.55. The van der Waals surface area contributed by atoms with Crippen LogP contribution in [0, 0.1) is 0 Å². The van der Waals surface area contributed by atoms with Crippen LogP contribution in [-0.4, -0.2) is 14.8 Å². The van der Waals surface area contributed by atoms with E-state index in [2.05, 4.69) is 26.0 Å². The zero-order valence-corrected chi connectivity index (χ0v) is 12.0. The second-order valence-electron chi connectivity index (χ2n) is 3.75. The highest BCUT2D eigenvalue weighted by Gasteiger charge is 2.08. The highest BCUT2D eigenvalue weighted by molar-refractivity contribution is 9.10. The van der Waals surface area contributed by atoms with Crippen molar-refractivity contribution in [2.45, 2.75) is 23.0 Å². The monoisotopic (exact) mass is 312 g/mol. The third kappa shape index (κ3) is 2.88. The number of hydrogen-bond donors (Lipinski definition) is 1. The number of aryl methyl sites for hydroxylation is 1. The molecule has 1 atom stereocenters. The van der Waals surface area contributed by atoms with Crippen molar-refractivity contribution in [3.05, 3.63) is 34.6 Å². The summed E-state index contributed by atoms with van der Waals surface area (Å²) in [5, 5.41) is 4.90. The molecule has 6 heteroatoms. The van der Waals surface area contributed by atoms with E-state index >= 15 is 0 Å². The van der Waals surface area contributed by atoms with Crippen molar-refractivity contribution >= 4 is 27.7 Å². The van der Waals surface area contributed by atoms with Crippen LogP contribution in [0.4, 0.5) is 0 Å². The van der Waals surface area contributed by atoms with E-state index in [-0.39, 0.29) is 6.04 Å². The van der Waals surface area contributed by atoms with Gasteiger partial charge in [0.2, 0.25) is 0 Å². The Bertz CT molecular complexity index is 524. The van der Waals surface area contributed by atoms with Crippen LogP contribution >= 0.6 is 27.7 Å². The number of halogens is 1. The van der Waals surface area contributed by atoms with Crippen molar-refractivity contribution in [1.82, 2.24) is 14.8 Å². The summed E-state index contributed by atoms with van der Waals surface area (Å²) in [6, 6.07) is 6.17. The van der Waals surface area contributed by atoms with Gasteiger partial charge in [0, 0.05) is 22.5 Å². The van der Waals surface area contributed by atoms with E-state index in [9.17, 15) is 0 Å². The Labute approximate surface area is 113 Å². The lowest BCUT2D eigenvalue weighted by molar-refractivity contribution is 0.685. The van der Waals surface area contributed by atoms with Gasteiger partial charge in [0.15, 0.2) is 5.16 Å². The van der Waals surface area contributed by atoms with E-state index in [1.165, 1.54) is 0 Å². The van der Waals surface area contributed by atoms with Crippen LogP contribution in [0.5, 0.6) is 0 Å². The lowest BCUT2D eigenvalue weighted by atomic mass is 10.1. The molecule has 2 aromatic rings. The van der Waals surface area contributed by atoms with Crippen LogP contribution in [0.1, 0.15) is 18.5 Å². The molecule has 1 unspecified atom stereocenters. The summed E-state index contributed by atoms with van der Waals surface area (Å²) >= 11 is 5.12. The van der Waals surface area contributed by atoms with Crippen LogP contribution in [0.2, 0.25) is 0 Å². The fourth-order valence-corrected chi connectivity index (χ4v) is 2.77. The molecule has 0 saturated carbocycles. The smallest absolute Gasteiger partial charge is 0.190 e. The molecule has 0 fully saturated rings. The lowest BCUT2D eigenvalue weighted by Crippen LogP contribution is -2.04. The van der Waals surface area contributed by atoms with E-state index in [0.717, 1.165) is 20.1 Å². The molecule has 2 rings (SSSR count). The van der Waals surface area contributed by atoms with Gasteiger partial charge in [-0.15, -0.1) is 0 Å². The minimum atomic E-state index is 0.0418. The van der Waals surface area contributed by atoms with Crippen LogP contribution in [0.15, 0.2) is 39.1 Å². The molecule has 4 nitrogen and oxygen atoms in total. The highest BCUT2D eigenvalue weighted by Crippen LogP contribution is 2.33. The molecular formula is C11H13BrN4S. The fourth-order valence-electron chi connectivity index (χ4n) is 1.36. The number of nitrogens with two attached hydrogens (primary N) is 1. The van der Waals surface area contributed by atoms with E-state index in [1.54, 1.807) is 22.8 Å². The maximum Gasteiger partial charge on any atom is 0.190 e. The van der Waals surface area contributed by atoms with Gasteiger partial charge in [0.25, 0.3) is 0 Å². The van der Waals surface area contributed by atoms with Gasteiger partial charge < -0.3 is 5.73 Å². The topological polar surface area (TPSA) is 56.7 Å². The standard InChI is InChI=1S/C11H13BrN4S/c1-7(13)8-3-4-10(9(12)5-8)17-11-14-6-15-16(11)2/h3-7H,13H2,1-2H3. The van der Waals surface area contributed by atoms with Crippen molar-refractivity contribution < 1.29 is 0 Å². The summed E-state index contributed by atoms with van der Waals surface area (Å²) < 4.78 is 2.77. The number of hydrogen-bond acceptors (Lipinski definition) is 4. The molecule has 1 aromatic heterocycles. The van der Waals surface area contributed by atoms with Crippen LogP contribution in [0.3, 0.4) is 0 Å². The van der Waals surface area contributed by atoms with Gasteiger partial charge in [-0.2, -0.15) is 5.10 Å². The van der Waals surface area contributed by atoms with Gasteiger partial charge in [0.05, 0.1) is 0 Å². The summed E-state index contributed by atoms with van der Waals surface area (Å²) in [5.41, 5.74) is 6.95. The third-order valence-corrected chi connectivity index (χ3v) is 4.40. The van der Waals surface area contributed by atoms with Gasteiger partial charge in [0.1, 0.15) is 6.33 Å². The Balaban J connectivity index is 2.26. The van der Waals surface area contributed by atoms with Gasteiger partial charge in [-0.1, -0.05) is 6.07 Å². The maximum absolute atomic E-state index is 5.84. The number of aromatic nitrogens is 3. The van der Waals surface area contributed by atoms with Crippen molar-refractivity contribution in [1.29, 1.82) is 0 Å². The first-order valence-electron chi connectivity index (χ1n) is 5.15. The highest BCUT2D eigenvalue weighted by atomic mass is 79.9.